The van der Waals surface area contributed by atoms with Crippen LogP contribution >= 0.6 is 0 Å². The van der Waals surface area contributed by atoms with Crippen LogP contribution in [-0.2, 0) is 30.7 Å². The average Bonchev–Trinajstić information content (AvgIpc) is 3.38. The van der Waals surface area contributed by atoms with E-state index >= 15 is 0 Å². The summed E-state index contributed by atoms with van der Waals surface area (Å²) in [5.41, 5.74) is 6.76. The lowest BCUT2D eigenvalue weighted by Crippen LogP contribution is -2.44. The van der Waals surface area contributed by atoms with Gasteiger partial charge in [-0.1, -0.05) is 54.6 Å². The molecule has 8 heteroatoms. The van der Waals surface area contributed by atoms with Crippen molar-refractivity contribution in [1.82, 2.24) is 20.2 Å². The summed E-state index contributed by atoms with van der Waals surface area (Å²) in [6.07, 6.45) is 1.15. The number of amides is 2. The van der Waals surface area contributed by atoms with E-state index in [1.807, 2.05) is 48.5 Å². The van der Waals surface area contributed by atoms with Crippen molar-refractivity contribution in [1.29, 1.82) is 0 Å². The molecule has 0 saturated heterocycles. The summed E-state index contributed by atoms with van der Waals surface area (Å²) in [7, 11) is 1.46. The summed E-state index contributed by atoms with van der Waals surface area (Å²) >= 11 is 0. The maximum atomic E-state index is 14.5. The lowest BCUT2D eigenvalue weighted by molar-refractivity contribution is 0.121. The Labute approximate surface area is 231 Å². The lowest BCUT2D eigenvalue weighted by Gasteiger charge is -2.29. The molecule has 1 aliphatic rings. The molecule has 7 nitrogen and oxygen atoms in total. The number of pyridine rings is 1. The fourth-order valence-corrected chi connectivity index (χ4v) is 5.43. The number of carbonyl (C=O) groups excluding carboxylic acids is 1. The Bertz CT molecular complexity index is 1670. The number of halogens is 1. The van der Waals surface area contributed by atoms with Gasteiger partial charge in [-0.3, -0.25) is 4.98 Å². The van der Waals surface area contributed by atoms with Crippen molar-refractivity contribution < 1.29 is 18.7 Å². The maximum Gasteiger partial charge on any atom is 0.317 e. The van der Waals surface area contributed by atoms with Crippen LogP contribution in [0.25, 0.3) is 21.8 Å². The minimum absolute atomic E-state index is 0.131. The number of fused-ring (bicyclic) bond motifs is 5. The number of nitrogens with zero attached hydrogens (tertiary/aromatic N) is 2. The molecule has 0 aliphatic carbocycles. The van der Waals surface area contributed by atoms with Crippen LogP contribution in [0, 0.1) is 5.82 Å². The van der Waals surface area contributed by atoms with Crippen molar-refractivity contribution in [3.8, 4) is 5.75 Å². The van der Waals surface area contributed by atoms with E-state index in [1.165, 1.54) is 13.2 Å². The molecule has 0 bridgehead atoms. The van der Waals surface area contributed by atoms with E-state index in [1.54, 1.807) is 11.0 Å². The Morgan fingerprint density at radius 2 is 1.90 bits per heavy atom. The number of carbonyl (C=O) groups is 1. The predicted octanol–water partition coefficient (Wildman–Crippen LogP) is 5.74. The van der Waals surface area contributed by atoms with Crippen LogP contribution in [0.2, 0.25) is 0 Å². The Morgan fingerprint density at radius 1 is 1.07 bits per heavy atom. The molecule has 5 aromatic rings. The van der Waals surface area contributed by atoms with Gasteiger partial charge in [0.25, 0.3) is 0 Å². The molecule has 2 amide bonds. The van der Waals surface area contributed by atoms with Crippen molar-refractivity contribution in [2.45, 2.75) is 26.0 Å². The summed E-state index contributed by atoms with van der Waals surface area (Å²) < 4.78 is 25.3. The highest BCUT2D eigenvalue weighted by Crippen LogP contribution is 2.35. The Hall–Kier alpha value is -4.43. The van der Waals surface area contributed by atoms with E-state index in [2.05, 4.69) is 22.4 Å². The van der Waals surface area contributed by atoms with E-state index < -0.39 is 5.82 Å². The number of H-pyrrole nitrogens is 1. The molecule has 0 unspecified atom stereocenters. The first-order valence-corrected chi connectivity index (χ1v) is 13.5. The number of benzene rings is 3. The minimum atomic E-state index is -0.401. The molecule has 0 spiro atoms. The highest BCUT2D eigenvalue weighted by Gasteiger charge is 2.26. The van der Waals surface area contributed by atoms with E-state index in [0.717, 1.165) is 49.9 Å². The first kappa shape index (κ1) is 25.8. The van der Waals surface area contributed by atoms with Gasteiger partial charge in [-0.2, -0.15) is 0 Å². The standard InChI is InChI=1S/C32H31FN4O3/c1-39-29-12-11-22(17-25(29)33)18-27-31-30(23-9-5-6-10-26(23)36-31)24-13-15-37(19-28(24)35-27)32(38)34-14-16-40-20-21-7-3-2-4-8-21/h2-12,17,36H,13-16,18-20H2,1H3,(H,34,38). The van der Waals surface area contributed by atoms with Gasteiger partial charge in [0, 0.05) is 35.8 Å². The number of hydrogen-bond acceptors (Lipinski definition) is 4. The number of aromatic nitrogens is 2. The zero-order chi connectivity index (χ0) is 27.5. The zero-order valence-corrected chi connectivity index (χ0v) is 22.4. The van der Waals surface area contributed by atoms with Crippen molar-refractivity contribution >= 4 is 27.8 Å². The van der Waals surface area contributed by atoms with Gasteiger partial charge in [0.1, 0.15) is 0 Å². The molecule has 0 atom stereocenters. The van der Waals surface area contributed by atoms with Crippen LogP contribution in [0.15, 0.2) is 72.8 Å². The molecule has 40 heavy (non-hydrogen) atoms. The van der Waals surface area contributed by atoms with Gasteiger partial charge in [-0.15, -0.1) is 0 Å². The summed E-state index contributed by atoms with van der Waals surface area (Å²) in [6.45, 7) is 2.38. The normalized spacial score (nSPS) is 13.0. The molecule has 204 valence electrons. The van der Waals surface area contributed by atoms with Crippen LogP contribution in [0.1, 0.15) is 28.1 Å². The third-order valence-electron chi connectivity index (χ3n) is 7.40. The summed E-state index contributed by atoms with van der Waals surface area (Å²) in [6, 6.07) is 23.0. The monoisotopic (exact) mass is 538 g/mol. The number of methoxy groups -OCH3 is 1. The summed E-state index contributed by atoms with van der Waals surface area (Å²) in [5.74, 6) is -0.188. The van der Waals surface area contributed by atoms with Gasteiger partial charge in [-0.05, 0) is 41.3 Å². The fraction of sp³-hybridized carbons (Fsp3) is 0.250. The highest BCUT2D eigenvalue weighted by molar-refractivity contribution is 6.10. The second kappa shape index (κ2) is 11.4. The van der Waals surface area contributed by atoms with Gasteiger partial charge in [0.05, 0.1) is 43.8 Å². The van der Waals surface area contributed by atoms with Crippen LogP contribution in [0.3, 0.4) is 0 Å². The number of aromatic amines is 1. The van der Waals surface area contributed by atoms with Gasteiger partial charge in [-0.25, -0.2) is 9.18 Å². The smallest absolute Gasteiger partial charge is 0.317 e. The second-order valence-electron chi connectivity index (χ2n) is 9.99. The third-order valence-corrected chi connectivity index (χ3v) is 7.40. The predicted molar refractivity (Wildman–Crippen MR) is 153 cm³/mol. The molecule has 3 heterocycles. The molecule has 2 N–H and O–H groups in total. The topological polar surface area (TPSA) is 79.5 Å². The van der Waals surface area contributed by atoms with E-state index in [4.69, 9.17) is 14.5 Å². The van der Waals surface area contributed by atoms with Gasteiger partial charge in [0.15, 0.2) is 11.6 Å². The molecular weight excluding hydrogens is 507 g/mol. The van der Waals surface area contributed by atoms with Crippen molar-refractivity contribution in [2.24, 2.45) is 0 Å². The molecule has 6 rings (SSSR count). The van der Waals surface area contributed by atoms with Crippen LogP contribution in [0.4, 0.5) is 9.18 Å². The SMILES string of the molecule is COc1ccc(Cc2nc3c(c4c2[nH]c2ccccc24)CCN(C(=O)NCCOCc2ccccc2)C3)cc1F. The van der Waals surface area contributed by atoms with E-state index in [-0.39, 0.29) is 11.8 Å². The zero-order valence-electron chi connectivity index (χ0n) is 22.4. The maximum absolute atomic E-state index is 14.5. The Morgan fingerprint density at radius 3 is 2.73 bits per heavy atom. The van der Waals surface area contributed by atoms with Crippen LogP contribution in [0.5, 0.6) is 5.75 Å². The largest absolute Gasteiger partial charge is 0.494 e. The molecule has 3 aromatic carbocycles. The third kappa shape index (κ3) is 5.22. The number of ether oxygens (including phenoxy) is 2. The Balaban J connectivity index is 1.22. The molecule has 0 saturated carbocycles. The van der Waals surface area contributed by atoms with Crippen molar-refractivity contribution in [3.05, 3.63) is 107 Å². The van der Waals surface area contributed by atoms with Crippen LogP contribution < -0.4 is 10.1 Å². The first-order chi connectivity index (χ1) is 19.6. The van der Waals surface area contributed by atoms with Crippen molar-refractivity contribution in [2.75, 3.05) is 26.8 Å². The van der Waals surface area contributed by atoms with Gasteiger partial charge < -0.3 is 24.7 Å². The number of rotatable bonds is 8. The van der Waals surface area contributed by atoms with E-state index in [9.17, 15) is 9.18 Å². The fourth-order valence-electron chi connectivity index (χ4n) is 5.43. The van der Waals surface area contributed by atoms with Gasteiger partial charge >= 0.3 is 6.03 Å². The molecule has 0 radical (unpaired) electrons. The quantitative estimate of drug-likeness (QED) is 0.247. The summed E-state index contributed by atoms with van der Waals surface area (Å²) in [5, 5.41) is 5.25. The number of nitrogens with one attached hydrogen (secondary N) is 2. The molecular formula is C32H31FN4O3. The van der Waals surface area contributed by atoms with Crippen LogP contribution in [-0.4, -0.2) is 47.7 Å². The molecule has 0 fully saturated rings. The Kier molecular flexibility index (Phi) is 7.33. The number of urea groups is 1. The average molecular weight is 539 g/mol. The minimum Gasteiger partial charge on any atom is -0.494 e. The summed E-state index contributed by atoms with van der Waals surface area (Å²) in [4.78, 5) is 23.4. The molecule has 1 aliphatic heterocycles. The highest BCUT2D eigenvalue weighted by atomic mass is 19.1. The lowest BCUT2D eigenvalue weighted by atomic mass is 9.96. The van der Waals surface area contributed by atoms with Gasteiger partial charge in [0.2, 0.25) is 0 Å². The van der Waals surface area contributed by atoms with E-state index in [0.29, 0.717) is 45.7 Å². The molecule has 2 aromatic heterocycles. The first-order valence-electron chi connectivity index (χ1n) is 13.5. The number of para-hydroxylation sites is 1. The number of hydrogen-bond donors (Lipinski definition) is 2. The van der Waals surface area contributed by atoms with Crippen molar-refractivity contribution in [3.63, 3.8) is 0 Å². The second-order valence-corrected chi connectivity index (χ2v) is 9.99.